The number of hydrazine groups is 1. The summed E-state index contributed by atoms with van der Waals surface area (Å²) in [4.78, 5) is 37.0. The average Bonchev–Trinajstić information content (AvgIpc) is 2.72. The monoisotopic (exact) mass is 309 g/mol. The third-order valence-corrected chi connectivity index (χ3v) is 3.39. The van der Waals surface area contributed by atoms with Gasteiger partial charge in [-0.15, -0.1) is 0 Å². The first-order chi connectivity index (χ1) is 10.0. The Morgan fingerprint density at radius 1 is 1.29 bits per heavy atom. The second-order valence-electron chi connectivity index (χ2n) is 4.72. The second-order valence-corrected chi connectivity index (χ2v) is 5.15. The number of carbonyl (C=O) groups excluding carboxylic acids is 3. The first-order valence-electron chi connectivity index (χ1n) is 6.71. The van der Waals surface area contributed by atoms with E-state index in [1.165, 1.54) is 0 Å². The number of urea groups is 1. The minimum Gasteiger partial charge on any atom is -0.272 e. The lowest BCUT2D eigenvalue weighted by Gasteiger charge is -2.17. The van der Waals surface area contributed by atoms with Crippen molar-refractivity contribution in [2.24, 2.45) is 0 Å². The first-order valence-corrected chi connectivity index (χ1v) is 7.09. The van der Waals surface area contributed by atoms with Gasteiger partial charge in [-0.3, -0.25) is 19.9 Å². The van der Waals surface area contributed by atoms with Crippen molar-refractivity contribution in [2.75, 3.05) is 13.1 Å². The maximum absolute atomic E-state index is 12.0. The molecule has 1 heterocycles. The molecule has 1 N–H and O–H groups in total. The Morgan fingerprint density at radius 3 is 2.57 bits per heavy atom. The highest BCUT2D eigenvalue weighted by atomic mass is 35.5. The van der Waals surface area contributed by atoms with Gasteiger partial charge in [-0.25, -0.2) is 9.80 Å². The number of rotatable bonds is 5. The van der Waals surface area contributed by atoms with Gasteiger partial charge in [-0.1, -0.05) is 24.9 Å². The topological polar surface area (TPSA) is 69.7 Å². The molecule has 0 unspecified atom stereocenters. The lowest BCUT2D eigenvalue weighted by Crippen LogP contribution is -2.45. The normalized spacial score (nSPS) is 14.8. The van der Waals surface area contributed by atoms with Crippen LogP contribution in [0.4, 0.5) is 4.79 Å². The fourth-order valence-corrected chi connectivity index (χ4v) is 2.08. The van der Waals surface area contributed by atoms with Crippen LogP contribution in [0.5, 0.6) is 0 Å². The molecule has 0 saturated carbocycles. The van der Waals surface area contributed by atoms with E-state index in [4.69, 9.17) is 11.6 Å². The van der Waals surface area contributed by atoms with Gasteiger partial charge in [0.15, 0.2) is 0 Å². The van der Waals surface area contributed by atoms with Gasteiger partial charge in [-0.2, -0.15) is 0 Å². The number of hydrogen-bond acceptors (Lipinski definition) is 3. The van der Waals surface area contributed by atoms with Crippen LogP contribution in [0.2, 0.25) is 5.02 Å². The van der Waals surface area contributed by atoms with E-state index in [0.717, 1.165) is 22.8 Å². The molecule has 1 aliphatic heterocycles. The summed E-state index contributed by atoms with van der Waals surface area (Å²) in [7, 11) is 0. The Morgan fingerprint density at radius 2 is 1.95 bits per heavy atom. The van der Waals surface area contributed by atoms with Crippen molar-refractivity contribution in [3.63, 3.8) is 0 Å². The van der Waals surface area contributed by atoms with Gasteiger partial charge in [0, 0.05) is 17.1 Å². The largest absolute Gasteiger partial charge is 0.345 e. The van der Waals surface area contributed by atoms with Crippen molar-refractivity contribution < 1.29 is 14.4 Å². The molecule has 1 aromatic rings. The Balaban J connectivity index is 2.00. The average molecular weight is 310 g/mol. The van der Waals surface area contributed by atoms with E-state index in [9.17, 15) is 14.4 Å². The molecule has 0 bridgehead atoms. The van der Waals surface area contributed by atoms with E-state index in [1.54, 1.807) is 24.3 Å². The molecular formula is C14H16ClN3O3. The van der Waals surface area contributed by atoms with Gasteiger partial charge in [-0.05, 0) is 30.7 Å². The second kappa shape index (κ2) is 6.58. The number of amides is 4. The van der Waals surface area contributed by atoms with Crippen LogP contribution >= 0.6 is 11.6 Å². The number of imide groups is 1. The SMILES string of the molecule is CCCCN1C(=O)CN(NC(=O)c2ccc(Cl)cc2)C1=O. The molecule has 0 radical (unpaired) electrons. The highest BCUT2D eigenvalue weighted by molar-refractivity contribution is 6.30. The molecule has 0 aromatic heterocycles. The molecule has 4 amide bonds. The zero-order valence-corrected chi connectivity index (χ0v) is 12.4. The van der Waals surface area contributed by atoms with Crippen LogP contribution < -0.4 is 5.43 Å². The van der Waals surface area contributed by atoms with Crippen LogP contribution in [0.15, 0.2) is 24.3 Å². The van der Waals surface area contributed by atoms with Crippen molar-refractivity contribution in [3.8, 4) is 0 Å². The molecule has 2 rings (SSSR count). The van der Waals surface area contributed by atoms with Crippen molar-refractivity contribution in [3.05, 3.63) is 34.9 Å². The van der Waals surface area contributed by atoms with Gasteiger partial charge < -0.3 is 0 Å². The number of nitrogens with one attached hydrogen (secondary N) is 1. The van der Waals surface area contributed by atoms with E-state index >= 15 is 0 Å². The summed E-state index contributed by atoms with van der Waals surface area (Å²) in [5.41, 5.74) is 2.81. The summed E-state index contributed by atoms with van der Waals surface area (Å²) in [5, 5.41) is 1.55. The zero-order chi connectivity index (χ0) is 15.4. The molecule has 1 saturated heterocycles. The fraction of sp³-hybridized carbons (Fsp3) is 0.357. The predicted molar refractivity (Wildman–Crippen MR) is 77.6 cm³/mol. The van der Waals surface area contributed by atoms with Gasteiger partial charge in [0.25, 0.3) is 11.8 Å². The number of halogens is 1. The van der Waals surface area contributed by atoms with Gasteiger partial charge in [0.05, 0.1) is 0 Å². The van der Waals surface area contributed by atoms with E-state index in [0.29, 0.717) is 17.1 Å². The molecule has 1 aliphatic rings. The summed E-state index contributed by atoms with van der Waals surface area (Å²) < 4.78 is 0. The molecule has 0 aliphatic carbocycles. The molecule has 0 atom stereocenters. The lowest BCUT2D eigenvalue weighted by molar-refractivity contribution is -0.125. The van der Waals surface area contributed by atoms with Crippen molar-refractivity contribution in [2.45, 2.75) is 19.8 Å². The van der Waals surface area contributed by atoms with E-state index in [2.05, 4.69) is 5.43 Å². The molecule has 0 spiro atoms. The van der Waals surface area contributed by atoms with E-state index in [-0.39, 0.29) is 12.5 Å². The fourth-order valence-electron chi connectivity index (χ4n) is 1.95. The number of unbranched alkanes of at least 4 members (excludes halogenated alkanes) is 1. The maximum Gasteiger partial charge on any atom is 0.345 e. The third kappa shape index (κ3) is 3.52. The van der Waals surface area contributed by atoms with Gasteiger partial charge in [0.2, 0.25) is 0 Å². The third-order valence-electron chi connectivity index (χ3n) is 3.13. The number of benzene rings is 1. The van der Waals surface area contributed by atoms with E-state index in [1.807, 2.05) is 6.92 Å². The van der Waals surface area contributed by atoms with Crippen LogP contribution in [0, 0.1) is 0 Å². The Labute approximate surface area is 127 Å². The summed E-state index contributed by atoms with van der Waals surface area (Å²) in [6.07, 6.45) is 1.63. The summed E-state index contributed by atoms with van der Waals surface area (Å²) in [5.74, 6) is -0.755. The highest BCUT2D eigenvalue weighted by Gasteiger charge is 2.36. The molecular weight excluding hydrogens is 294 g/mol. The summed E-state index contributed by atoms with van der Waals surface area (Å²) in [6, 6.07) is 5.78. The Kier molecular flexibility index (Phi) is 4.80. The van der Waals surface area contributed by atoms with Crippen molar-refractivity contribution in [1.82, 2.24) is 15.3 Å². The quantitative estimate of drug-likeness (QED) is 0.846. The van der Waals surface area contributed by atoms with Crippen LogP contribution in [-0.4, -0.2) is 40.8 Å². The molecule has 6 nitrogen and oxygen atoms in total. The molecule has 7 heteroatoms. The van der Waals surface area contributed by atoms with Gasteiger partial charge >= 0.3 is 6.03 Å². The number of carbonyl (C=O) groups is 3. The van der Waals surface area contributed by atoms with Crippen molar-refractivity contribution in [1.29, 1.82) is 0 Å². The molecule has 1 fully saturated rings. The highest BCUT2D eigenvalue weighted by Crippen LogP contribution is 2.12. The summed E-state index contributed by atoms with van der Waals surface area (Å²) in [6.45, 7) is 2.22. The standard InChI is InChI=1S/C14H16ClN3O3/c1-2-3-8-17-12(19)9-18(14(17)21)16-13(20)10-4-6-11(15)7-5-10/h4-7H,2-3,8-9H2,1H3,(H,16,20). The smallest absolute Gasteiger partial charge is 0.272 e. The molecule has 21 heavy (non-hydrogen) atoms. The van der Waals surface area contributed by atoms with Crippen molar-refractivity contribution >= 4 is 29.4 Å². The first kappa shape index (κ1) is 15.3. The van der Waals surface area contributed by atoms with Gasteiger partial charge in [0.1, 0.15) is 6.54 Å². The minimum absolute atomic E-state index is 0.137. The maximum atomic E-state index is 12.0. The van der Waals surface area contributed by atoms with Crippen LogP contribution in [0.25, 0.3) is 0 Å². The zero-order valence-electron chi connectivity index (χ0n) is 11.6. The van der Waals surface area contributed by atoms with E-state index < -0.39 is 11.9 Å². The minimum atomic E-state index is -0.490. The lowest BCUT2D eigenvalue weighted by atomic mass is 10.2. The predicted octanol–water partition coefficient (Wildman–Crippen LogP) is 2.05. The summed E-state index contributed by atoms with van der Waals surface area (Å²) >= 11 is 5.75. The number of nitrogens with zero attached hydrogens (tertiary/aromatic N) is 2. The molecule has 1 aromatic carbocycles. The Bertz CT molecular complexity index is 559. The molecule has 112 valence electrons. The van der Waals surface area contributed by atoms with Crippen LogP contribution in [-0.2, 0) is 4.79 Å². The Hall–Kier alpha value is -2.08. The number of hydrogen-bond donors (Lipinski definition) is 1. The van der Waals surface area contributed by atoms with Crippen LogP contribution in [0.1, 0.15) is 30.1 Å². The van der Waals surface area contributed by atoms with Crippen LogP contribution in [0.3, 0.4) is 0 Å².